The van der Waals surface area contributed by atoms with E-state index in [4.69, 9.17) is 16.3 Å². The van der Waals surface area contributed by atoms with Crippen molar-refractivity contribution in [1.29, 1.82) is 0 Å². The Labute approximate surface area is 279 Å². The minimum absolute atomic E-state index is 0.337. The zero-order valence-electron chi connectivity index (χ0n) is 26.4. The number of hydrogen-bond donors (Lipinski definition) is 3. The van der Waals surface area contributed by atoms with Gasteiger partial charge in [-0.05, 0) is 99.0 Å². The molecule has 1 atom stereocenters. The van der Waals surface area contributed by atoms with Crippen LogP contribution in [0.1, 0.15) is 31.2 Å². The minimum Gasteiger partial charge on any atom is -0.494 e. The van der Waals surface area contributed by atoms with Crippen molar-refractivity contribution >= 4 is 72.1 Å². The predicted molar refractivity (Wildman–Crippen MR) is 187 cm³/mol. The number of nitrogens with zero attached hydrogens (tertiary/aromatic N) is 5. The van der Waals surface area contributed by atoms with Gasteiger partial charge in [-0.1, -0.05) is 11.6 Å². The second-order valence-electron chi connectivity index (χ2n) is 12.0. The number of methoxy groups -OCH3 is 1. The molecule has 2 aliphatic rings. The van der Waals surface area contributed by atoms with Gasteiger partial charge in [0, 0.05) is 54.7 Å². The molecule has 1 unspecified atom stereocenters. The lowest BCUT2D eigenvalue weighted by atomic mass is 9.96. The van der Waals surface area contributed by atoms with Crippen LogP contribution in [-0.4, -0.2) is 93.9 Å². The molecule has 5 rings (SSSR count). The lowest BCUT2D eigenvalue weighted by Crippen LogP contribution is -2.52. The molecule has 45 heavy (non-hydrogen) atoms. The molecule has 2 aromatic carbocycles. The molecule has 3 heterocycles. The van der Waals surface area contributed by atoms with Crippen molar-refractivity contribution in [2.75, 3.05) is 73.9 Å². The molecular formula is C31H42BrClN8O3S. The number of aryl methyl sites for hydroxylation is 1. The Bertz CT molecular complexity index is 1620. The van der Waals surface area contributed by atoms with Crippen LogP contribution in [0.15, 0.2) is 41.0 Å². The van der Waals surface area contributed by atoms with Crippen molar-refractivity contribution in [2.24, 2.45) is 0 Å². The number of hydrogen-bond acceptors (Lipinski definition) is 10. The first-order valence-electron chi connectivity index (χ1n) is 15.1. The van der Waals surface area contributed by atoms with E-state index >= 15 is 0 Å². The van der Waals surface area contributed by atoms with Gasteiger partial charge in [0.25, 0.3) is 0 Å². The highest BCUT2D eigenvalue weighted by Gasteiger charge is 2.30. The van der Waals surface area contributed by atoms with Gasteiger partial charge in [-0.15, -0.1) is 0 Å². The summed E-state index contributed by atoms with van der Waals surface area (Å²) in [5.74, 6) is 1.45. The van der Waals surface area contributed by atoms with Crippen LogP contribution in [0.3, 0.4) is 0 Å². The van der Waals surface area contributed by atoms with Gasteiger partial charge in [-0.3, -0.25) is 9.62 Å². The van der Waals surface area contributed by atoms with Gasteiger partial charge in [-0.2, -0.15) is 4.98 Å². The molecule has 1 aromatic heterocycles. The summed E-state index contributed by atoms with van der Waals surface area (Å²) >= 11 is 9.70. The number of sulfonamides is 1. The van der Waals surface area contributed by atoms with E-state index in [0.29, 0.717) is 50.5 Å². The van der Waals surface area contributed by atoms with Gasteiger partial charge in [0.2, 0.25) is 16.0 Å². The summed E-state index contributed by atoms with van der Waals surface area (Å²) in [6.45, 7) is 6.50. The summed E-state index contributed by atoms with van der Waals surface area (Å²) in [5.41, 5.74) is 3.83. The van der Waals surface area contributed by atoms with Crippen molar-refractivity contribution in [1.82, 2.24) is 19.8 Å². The Morgan fingerprint density at radius 2 is 1.80 bits per heavy atom. The molecule has 244 valence electrons. The van der Waals surface area contributed by atoms with Crippen LogP contribution in [0.5, 0.6) is 5.75 Å². The van der Waals surface area contributed by atoms with Gasteiger partial charge in [0.05, 0.1) is 34.9 Å². The highest BCUT2D eigenvalue weighted by Crippen LogP contribution is 2.37. The number of likely N-dealkylation sites (N-methyl/N-ethyl adjacent to an activating group) is 1. The van der Waals surface area contributed by atoms with Crippen molar-refractivity contribution < 1.29 is 13.2 Å². The maximum atomic E-state index is 11.9. The highest BCUT2D eigenvalue weighted by atomic mass is 79.9. The summed E-state index contributed by atoms with van der Waals surface area (Å²) in [5, 5.41) is 6.90. The van der Waals surface area contributed by atoms with E-state index in [1.807, 2.05) is 0 Å². The van der Waals surface area contributed by atoms with E-state index in [1.165, 1.54) is 25.1 Å². The second-order valence-corrected chi connectivity index (χ2v) is 15.1. The minimum atomic E-state index is -3.51. The standard InChI is InChI=1S/C31H42BrClN8O3S/c1-20-15-27(29(44-4)17-28(20)40-13-10-22(11-14-40)41-12-6-7-23(19-41)39(2)3)36-31-34-18-24(32)30(37-31)35-26-16-21(33)8-9-25(26)38-45(5,42)43/h8-9,15-18,22-23,38H,6-7,10-14,19H2,1-5H3,(H2,34,35,36,37). The number of halogens is 2. The molecule has 3 aromatic rings. The van der Waals surface area contributed by atoms with E-state index < -0.39 is 10.0 Å². The normalized spacial score (nSPS) is 18.2. The smallest absolute Gasteiger partial charge is 0.229 e. The molecule has 11 nitrogen and oxygen atoms in total. The first-order chi connectivity index (χ1) is 21.4. The third kappa shape index (κ3) is 8.50. The van der Waals surface area contributed by atoms with Crippen molar-refractivity contribution in [3.8, 4) is 5.75 Å². The Kier molecular flexibility index (Phi) is 10.6. The summed E-state index contributed by atoms with van der Waals surface area (Å²) < 4.78 is 32.7. The Morgan fingerprint density at radius 3 is 2.49 bits per heavy atom. The van der Waals surface area contributed by atoms with Crippen LogP contribution in [0.4, 0.5) is 34.5 Å². The average Bonchev–Trinajstić information content (AvgIpc) is 3.00. The second kappa shape index (κ2) is 14.3. The summed E-state index contributed by atoms with van der Waals surface area (Å²) in [6.07, 6.45) is 7.57. The summed E-state index contributed by atoms with van der Waals surface area (Å²) in [4.78, 5) is 16.6. The maximum Gasteiger partial charge on any atom is 0.229 e. The largest absolute Gasteiger partial charge is 0.494 e. The highest BCUT2D eigenvalue weighted by molar-refractivity contribution is 9.10. The molecule has 0 spiro atoms. The first kappa shape index (κ1) is 33.5. The molecular weight excluding hydrogens is 680 g/mol. The number of piperidine rings is 2. The number of benzene rings is 2. The Balaban J connectivity index is 1.30. The molecule has 0 aliphatic carbocycles. The fourth-order valence-corrected chi connectivity index (χ4v) is 7.20. The molecule has 2 saturated heterocycles. The molecule has 2 fully saturated rings. The summed E-state index contributed by atoms with van der Waals surface area (Å²) in [7, 11) is 2.54. The molecule has 3 N–H and O–H groups in total. The average molecular weight is 722 g/mol. The number of anilines is 6. The fraction of sp³-hybridized carbons (Fsp3) is 0.484. The van der Waals surface area contributed by atoms with Crippen molar-refractivity contribution in [2.45, 2.75) is 44.7 Å². The van der Waals surface area contributed by atoms with Crippen molar-refractivity contribution in [3.05, 3.63) is 51.6 Å². The first-order valence-corrected chi connectivity index (χ1v) is 18.1. The van der Waals surface area contributed by atoms with Crippen LogP contribution in [0.25, 0.3) is 0 Å². The predicted octanol–water partition coefficient (Wildman–Crippen LogP) is 6.06. The SMILES string of the molecule is COc1cc(N2CCC(N3CCCC(N(C)C)C3)CC2)c(C)cc1Nc1ncc(Br)c(Nc2cc(Cl)ccc2NS(C)(=O)=O)n1. The van der Waals surface area contributed by atoms with Gasteiger partial charge in [0.15, 0.2) is 0 Å². The van der Waals surface area contributed by atoms with Crippen molar-refractivity contribution in [3.63, 3.8) is 0 Å². The number of nitrogens with one attached hydrogen (secondary N) is 3. The molecule has 2 aliphatic heterocycles. The van der Waals surface area contributed by atoms with Crippen LogP contribution in [-0.2, 0) is 10.0 Å². The van der Waals surface area contributed by atoms with Crippen LogP contribution < -0.4 is 25.0 Å². The Morgan fingerprint density at radius 1 is 1.04 bits per heavy atom. The lowest BCUT2D eigenvalue weighted by molar-refractivity contribution is 0.0846. The van der Waals surface area contributed by atoms with Gasteiger partial charge >= 0.3 is 0 Å². The number of aromatic nitrogens is 2. The van der Waals surface area contributed by atoms with Gasteiger partial charge in [-0.25, -0.2) is 13.4 Å². The topological polar surface area (TPSA) is 115 Å². The quantitative estimate of drug-likeness (QED) is 0.228. The maximum absolute atomic E-state index is 11.9. The number of ether oxygens (including phenoxy) is 1. The number of likely N-dealkylation sites (tertiary alicyclic amines) is 1. The molecule has 0 amide bonds. The van der Waals surface area contributed by atoms with Crippen LogP contribution in [0, 0.1) is 6.92 Å². The molecule has 0 radical (unpaired) electrons. The zero-order valence-corrected chi connectivity index (χ0v) is 29.6. The molecule has 0 saturated carbocycles. The van der Waals surface area contributed by atoms with Gasteiger partial charge < -0.3 is 25.2 Å². The Hall–Kier alpha value is -2.84. The lowest BCUT2D eigenvalue weighted by Gasteiger charge is -2.44. The third-order valence-electron chi connectivity index (χ3n) is 8.52. The van der Waals surface area contributed by atoms with Gasteiger partial charge in [0.1, 0.15) is 11.6 Å². The van der Waals surface area contributed by atoms with E-state index in [-0.39, 0.29) is 0 Å². The van der Waals surface area contributed by atoms with E-state index in [0.717, 1.165) is 50.0 Å². The third-order valence-corrected chi connectivity index (χ3v) is 9.92. The van der Waals surface area contributed by atoms with Crippen LogP contribution >= 0.6 is 27.5 Å². The van der Waals surface area contributed by atoms with E-state index in [2.05, 4.69) is 89.1 Å². The van der Waals surface area contributed by atoms with E-state index in [9.17, 15) is 8.42 Å². The number of rotatable bonds is 10. The fourth-order valence-electron chi connectivity index (χ4n) is 6.16. The monoisotopic (exact) mass is 720 g/mol. The molecule has 0 bridgehead atoms. The van der Waals surface area contributed by atoms with E-state index in [1.54, 1.807) is 31.5 Å². The molecule has 14 heteroatoms. The zero-order chi connectivity index (χ0) is 32.3. The summed E-state index contributed by atoms with van der Waals surface area (Å²) in [6, 6.07) is 10.3. The van der Waals surface area contributed by atoms with Crippen LogP contribution in [0.2, 0.25) is 5.02 Å².